The van der Waals surface area contributed by atoms with E-state index in [1.54, 1.807) is 12.1 Å². The second-order valence-electron chi connectivity index (χ2n) is 10.8. The highest BCUT2D eigenvalue weighted by Crippen LogP contribution is 2.62. The molecule has 0 radical (unpaired) electrons. The second-order valence-corrected chi connectivity index (χ2v) is 10.8. The van der Waals surface area contributed by atoms with E-state index in [4.69, 9.17) is 0 Å². The fraction of sp³-hybridized carbons (Fsp3) is 0.519. The van der Waals surface area contributed by atoms with Crippen molar-refractivity contribution < 1.29 is 23.8 Å². The van der Waals surface area contributed by atoms with E-state index < -0.39 is 28.6 Å². The summed E-state index contributed by atoms with van der Waals surface area (Å²) in [6.07, 6.45) is 4.81. The number of amides is 1. The van der Waals surface area contributed by atoms with Crippen molar-refractivity contribution in [3.8, 4) is 5.75 Å². The first-order valence-corrected chi connectivity index (χ1v) is 12.3. The maximum Gasteiger partial charge on any atom is 0.223 e. The van der Waals surface area contributed by atoms with Gasteiger partial charge in [-0.3, -0.25) is 9.69 Å². The van der Waals surface area contributed by atoms with E-state index in [-0.39, 0.29) is 24.2 Å². The SMILES string of the molecule is O=C(NCc1ccc(F)c(F)c1)[C@H]1C[C@]23CCN(CC4CC4)[C@H](Cc4ccc(O)cc42)[C@]3(O)C1. The van der Waals surface area contributed by atoms with Crippen molar-refractivity contribution in [3.05, 3.63) is 64.7 Å². The van der Waals surface area contributed by atoms with Gasteiger partial charge in [0.15, 0.2) is 11.6 Å². The van der Waals surface area contributed by atoms with Crippen molar-refractivity contribution in [1.82, 2.24) is 10.2 Å². The van der Waals surface area contributed by atoms with Gasteiger partial charge in [0.2, 0.25) is 5.91 Å². The first-order chi connectivity index (χ1) is 16.3. The van der Waals surface area contributed by atoms with Crippen molar-refractivity contribution in [3.63, 3.8) is 0 Å². The van der Waals surface area contributed by atoms with Crippen LogP contribution in [0.4, 0.5) is 8.78 Å². The lowest BCUT2D eigenvalue weighted by Crippen LogP contribution is -2.69. The van der Waals surface area contributed by atoms with E-state index in [1.807, 2.05) is 6.07 Å². The van der Waals surface area contributed by atoms with Crippen molar-refractivity contribution in [2.24, 2.45) is 11.8 Å². The number of halogens is 2. The molecule has 3 fully saturated rings. The molecule has 0 aromatic heterocycles. The van der Waals surface area contributed by atoms with Gasteiger partial charge in [-0.1, -0.05) is 12.1 Å². The normalized spacial score (nSPS) is 32.2. The third-order valence-corrected chi connectivity index (χ3v) is 8.83. The lowest BCUT2D eigenvalue weighted by molar-refractivity contribution is -0.134. The lowest BCUT2D eigenvalue weighted by atomic mass is 9.56. The number of rotatable bonds is 5. The molecule has 6 rings (SSSR count). The van der Waals surface area contributed by atoms with Gasteiger partial charge in [-0.05, 0) is 91.9 Å². The van der Waals surface area contributed by atoms with Gasteiger partial charge < -0.3 is 15.5 Å². The molecule has 4 aliphatic rings. The van der Waals surface area contributed by atoms with Crippen molar-refractivity contribution in [2.75, 3.05) is 13.1 Å². The van der Waals surface area contributed by atoms with E-state index in [1.165, 1.54) is 18.9 Å². The molecule has 2 aromatic rings. The largest absolute Gasteiger partial charge is 0.508 e. The van der Waals surface area contributed by atoms with Crippen LogP contribution in [0.15, 0.2) is 36.4 Å². The van der Waals surface area contributed by atoms with Crippen LogP contribution in [0.25, 0.3) is 0 Å². The van der Waals surface area contributed by atoms with Crippen molar-refractivity contribution >= 4 is 5.91 Å². The number of aromatic hydroxyl groups is 1. The van der Waals surface area contributed by atoms with Gasteiger partial charge in [0.05, 0.1) is 5.60 Å². The number of nitrogens with zero attached hydrogens (tertiary/aromatic N) is 1. The van der Waals surface area contributed by atoms with Crippen LogP contribution >= 0.6 is 0 Å². The molecule has 180 valence electrons. The Morgan fingerprint density at radius 3 is 2.71 bits per heavy atom. The number of benzene rings is 2. The second kappa shape index (κ2) is 7.75. The van der Waals surface area contributed by atoms with Crippen LogP contribution in [-0.4, -0.2) is 45.8 Å². The summed E-state index contributed by atoms with van der Waals surface area (Å²) in [4.78, 5) is 15.7. The van der Waals surface area contributed by atoms with Gasteiger partial charge >= 0.3 is 0 Å². The Bertz CT molecular complexity index is 1150. The molecule has 4 atom stereocenters. The molecule has 1 amide bonds. The fourth-order valence-electron chi connectivity index (χ4n) is 7.00. The van der Waals surface area contributed by atoms with Crippen LogP contribution in [-0.2, 0) is 23.2 Å². The highest BCUT2D eigenvalue weighted by atomic mass is 19.2. The number of carbonyl (C=O) groups is 1. The zero-order chi connectivity index (χ0) is 23.7. The summed E-state index contributed by atoms with van der Waals surface area (Å²) in [6.45, 7) is 1.97. The molecule has 34 heavy (non-hydrogen) atoms. The van der Waals surface area contributed by atoms with Gasteiger partial charge in [0.25, 0.3) is 0 Å². The number of phenolic OH excluding ortho intramolecular Hbond substituents is 1. The van der Waals surface area contributed by atoms with Gasteiger partial charge in [-0.2, -0.15) is 0 Å². The van der Waals surface area contributed by atoms with Gasteiger partial charge in [-0.15, -0.1) is 0 Å². The summed E-state index contributed by atoms with van der Waals surface area (Å²) >= 11 is 0. The third-order valence-electron chi connectivity index (χ3n) is 8.83. The standard InChI is InChI=1S/C27H30F2N2O3/c28-22-6-3-17(9-23(22)29)14-30-25(33)19-12-26-7-8-31(15-16-1-2-16)24(27(26,34)13-19)10-18-4-5-20(32)11-21(18)26/h3-6,9,11,16,19,24,32,34H,1-2,7-8,10,12-15H2,(H,30,33)/t19-,24+,26+,27+/m0/s1. The molecule has 1 saturated heterocycles. The Morgan fingerprint density at radius 1 is 1.12 bits per heavy atom. The minimum Gasteiger partial charge on any atom is -0.508 e. The van der Waals surface area contributed by atoms with Gasteiger partial charge in [-0.25, -0.2) is 8.78 Å². The summed E-state index contributed by atoms with van der Waals surface area (Å²) in [5, 5.41) is 25.4. The Hall–Kier alpha value is -2.51. The monoisotopic (exact) mass is 468 g/mol. The quantitative estimate of drug-likeness (QED) is 0.629. The van der Waals surface area contributed by atoms with Crippen LogP contribution in [0.3, 0.4) is 0 Å². The molecule has 3 N–H and O–H groups in total. The summed E-state index contributed by atoms with van der Waals surface area (Å²) in [6, 6.07) is 9.03. The molecular formula is C27H30F2N2O3. The zero-order valence-electron chi connectivity index (χ0n) is 19.1. The molecule has 0 unspecified atom stereocenters. The van der Waals surface area contributed by atoms with Gasteiger partial charge in [0.1, 0.15) is 5.75 Å². The zero-order valence-corrected chi connectivity index (χ0v) is 19.1. The number of aliphatic hydroxyl groups is 1. The van der Waals surface area contributed by atoms with E-state index in [2.05, 4.69) is 10.2 Å². The van der Waals surface area contributed by atoms with Crippen LogP contribution in [0.2, 0.25) is 0 Å². The summed E-state index contributed by atoms with van der Waals surface area (Å²) in [5.41, 5.74) is 0.993. The van der Waals surface area contributed by atoms with E-state index in [0.29, 0.717) is 30.7 Å². The van der Waals surface area contributed by atoms with Crippen LogP contribution in [0.1, 0.15) is 48.8 Å². The van der Waals surface area contributed by atoms with Crippen LogP contribution in [0.5, 0.6) is 5.75 Å². The predicted octanol–water partition coefficient (Wildman–Crippen LogP) is 3.41. The summed E-state index contributed by atoms with van der Waals surface area (Å²) < 4.78 is 26.8. The molecule has 0 spiro atoms. The first kappa shape index (κ1) is 22.0. The Labute approximate surface area is 197 Å². The fourth-order valence-corrected chi connectivity index (χ4v) is 7.00. The van der Waals surface area contributed by atoms with Crippen molar-refractivity contribution in [2.45, 2.75) is 62.1 Å². The number of nitrogens with one attached hydrogen (secondary N) is 1. The van der Waals surface area contributed by atoms with Crippen LogP contribution < -0.4 is 5.32 Å². The number of piperidine rings is 1. The maximum absolute atomic E-state index is 13.6. The highest BCUT2D eigenvalue weighted by Gasteiger charge is 2.68. The number of likely N-dealkylation sites (tertiary alicyclic amines) is 1. The Balaban J connectivity index is 1.29. The number of hydrogen-bond donors (Lipinski definition) is 3. The van der Waals surface area contributed by atoms with E-state index in [0.717, 1.165) is 42.8 Å². The third kappa shape index (κ3) is 3.35. The smallest absolute Gasteiger partial charge is 0.223 e. The first-order valence-electron chi connectivity index (χ1n) is 12.3. The minimum atomic E-state index is -1.05. The molecule has 7 heteroatoms. The summed E-state index contributed by atoms with van der Waals surface area (Å²) in [5.74, 6) is -1.54. The molecule has 2 bridgehead atoms. The number of carbonyl (C=O) groups excluding carboxylic acids is 1. The van der Waals surface area contributed by atoms with E-state index >= 15 is 0 Å². The average molecular weight is 469 g/mol. The topological polar surface area (TPSA) is 72.8 Å². The minimum absolute atomic E-state index is 0.0529. The van der Waals surface area contributed by atoms with E-state index in [9.17, 15) is 23.8 Å². The lowest BCUT2D eigenvalue weighted by Gasteiger charge is -2.59. The highest BCUT2D eigenvalue weighted by molar-refractivity contribution is 5.80. The predicted molar refractivity (Wildman–Crippen MR) is 122 cm³/mol. The molecule has 5 nitrogen and oxygen atoms in total. The maximum atomic E-state index is 13.6. The van der Waals surface area contributed by atoms with Crippen molar-refractivity contribution in [1.29, 1.82) is 0 Å². The number of hydrogen-bond acceptors (Lipinski definition) is 4. The van der Waals surface area contributed by atoms with Gasteiger partial charge in [0, 0.05) is 30.5 Å². The summed E-state index contributed by atoms with van der Waals surface area (Å²) in [7, 11) is 0. The Morgan fingerprint density at radius 2 is 1.94 bits per heavy atom. The molecule has 2 saturated carbocycles. The molecule has 1 aliphatic heterocycles. The molecule has 3 aliphatic carbocycles. The molecular weight excluding hydrogens is 438 g/mol. The van der Waals surface area contributed by atoms with Crippen LogP contribution in [0, 0.1) is 23.5 Å². The number of phenols is 1. The Kier molecular flexibility index (Phi) is 5.01. The average Bonchev–Trinajstić information content (AvgIpc) is 3.56. The molecule has 2 aromatic carbocycles. The number of fused-ring (bicyclic) bond motifs is 1. The molecule has 1 heterocycles.